The zero-order valence-electron chi connectivity index (χ0n) is 27.8. The van der Waals surface area contributed by atoms with Crippen molar-refractivity contribution in [2.45, 2.75) is 44.3 Å². The van der Waals surface area contributed by atoms with Gasteiger partial charge in [-0.2, -0.15) is 10.4 Å². The lowest BCUT2D eigenvalue weighted by Gasteiger charge is -2.46. The lowest BCUT2D eigenvalue weighted by molar-refractivity contribution is -0.128. The molecule has 254 valence electrons. The van der Waals surface area contributed by atoms with Crippen molar-refractivity contribution in [1.82, 2.24) is 34.4 Å². The van der Waals surface area contributed by atoms with Gasteiger partial charge >= 0.3 is 0 Å². The number of nitrogens with zero attached hydrogens (tertiary/aromatic N) is 8. The fraction of sp³-hybridized carbons (Fsp3) is 0.417. The lowest BCUT2D eigenvalue weighted by atomic mass is 9.96. The van der Waals surface area contributed by atoms with E-state index in [1.54, 1.807) is 33.8 Å². The number of nitriles is 1. The first-order valence-electron chi connectivity index (χ1n) is 16.7. The number of anilines is 1. The third-order valence-corrected chi connectivity index (χ3v) is 9.84. The van der Waals surface area contributed by atoms with Crippen molar-refractivity contribution in [3.8, 4) is 28.8 Å². The summed E-state index contributed by atoms with van der Waals surface area (Å²) in [4.78, 5) is 29.0. The zero-order chi connectivity index (χ0) is 34.1. The van der Waals surface area contributed by atoms with Gasteiger partial charge in [-0.1, -0.05) is 18.2 Å². The molecule has 3 aliphatic rings. The van der Waals surface area contributed by atoms with Crippen LogP contribution in [-0.2, 0) is 9.53 Å². The Morgan fingerprint density at radius 2 is 1.84 bits per heavy atom. The van der Waals surface area contributed by atoms with E-state index in [9.17, 15) is 10.1 Å². The molecule has 5 heterocycles. The number of nitrogen functional groups attached to an aromatic ring is 1. The number of hydrogen-bond acceptors (Lipinski definition) is 10. The van der Waals surface area contributed by atoms with Crippen molar-refractivity contribution in [2.24, 2.45) is 0 Å². The Morgan fingerprint density at radius 3 is 2.53 bits per heavy atom. The highest BCUT2D eigenvalue weighted by molar-refractivity contribution is 5.99. The molecule has 3 fully saturated rings. The number of rotatable bonds is 8. The van der Waals surface area contributed by atoms with Gasteiger partial charge in [-0.05, 0) is 57.0 Å². The minimum Gasteiger partial charge on any atom is -0.457 e. The normalized spacial score (nSPS) is 19.8. The number of amides is 1. The van der Waals surface area contributed by atoms with E-state index in [1.165, 1.54) is 12.4 Å². The van der Waals surface area contributed by atoms with Crippen LogP contribution < -0.4 is 10.5 Å². The van der Waals surface area contributed by atoms with Gasteiger partial charge < -0.3 is 20.1 Å². The maximum Gasteiger partial charge on any atom is 0.264 e. The Labute approximate surface area is 284 Å². The van der Waals surface area contributed by atoms with E-state index in [2.05, 4.69) is 39.7 Å². The molecular formula is C36H40FN9O3. The number of likely N-dealkylation sites (tertiary alicyclic amines) is 1. The fourth-order valence-corrected chi connectivity index (χ4v) is 7.01. The van der Waals surface area contributed by atoms with Gasteiger partial charge in [-0.3, -0.25) is 14.6 Å². The van der Waals surface area contributed by atoms with Crippen molar-refractivity contribution in [3.63, 3.8) is 0 Å². The first kappa shape index (κ1) is 32.6. The SMILES string of the molecule is CC(C)(/C=C(\C#N)C(=O)N1CCC[C@H](n2nc(-c3ccc(Oc4ccccc4)cc3F)c3c(N)ncnc32)C1)N1CCN(C2COC2)CC1. The molecule has 2 aromatic heterocycles. The summed E-state index contributed by atoms with van der Waals surface area (Å²) < 4.78 is 28.6. The van der Waals surface area contributed by atoms with E-state index >= 15 is 4.39 Å². The molecule has 49 heavy (non-hydrogen) atoms. The van der Waals surface area contributed by atoms with Crippen molar-refractivity contribution >= 4 is 22.8 Å². The van der Waals surface area contributed by atoms with Gasteiger partial charge in [-0.15, -0.1) is 0 Å². The number of aromatic nitrogens is 4. The third kappa shape index (κ3) is 6.59. The molecule has 0 saturated carbocycles. The molecule has 3 aliphatic heterocycles. The van der Waals surface area contributed by atoms with Gasteiger partial charge in [0.05, 0.1) is 30.7 Å². The highest BCUT2D eigenvalue weighted by Crippen LogP contribution is 2.36. The number of ether oxygens (including phenoxy) is 2. The van der Waals surface area contributed by atoms with Crippen molar-refractivity contribution in [3.05, 3.63) is 72.3 Å². The molecule has 3 saturated heterocycles. The molecular weight excluding hydrogens is 625 g/mol. The predicted molar refractivity (Wildman–Crippen MR) is 182 cm³/mol. The van der Waals surface area contributed by atoms with Gasteiger partial charge in [0.15, 0.2) is 5.65 Å². The van der Waals surface area contributed by atoms with Crippen LogP contribution in [0.5, 0.6) is 11.5 Å². The number of para-hydroxylation sites is 1. The van der Waals surface area contributed by atoms with Crippen LogP contribution in [-0.4, -0.2) is 104 Å². The summed E-state index contributed by atoms with van der Waals surface area (Å²) in [7, 11) is 0. The molecule has 0 bridgehead atoms. The second kappa shape index (κ2) is 13.5. The molecule has 0 spiro atoms. The average Bonchev–Trinajstić information content (AvgIpc) is 3.48. The quantitative estimate of drug-likeness (QED) is 0.213. The number of carbonyl (C=O) groups is 1. The summed E-state index contributed by atoms with van der Waals surface area (Å²) in [6.45, 7) is 10.1. The van der Waals surface area contributed by atoms with E-state index in [4.69, 9.17) is 20.3 Å². The highest BCUT2D eigenvalue weighted by atomic mass is 19.1. The Balaban J connectivity index is 1.11. The zero-order valence-corrected chi connectivity index (χ0v) is 27.8. The monoisotopic (exact) mass is 665 g/mol. The standard InChI is InChI=1S/C36H40FN9O3/c1-36(2,45-15-13-43(14-16-45)26-21-48-22-26)18-24(19-38)35(47)44-12-6-7-25(20-44)46-34-31(33(39)40-23-41-34)32(42-46)29-11-10-28(17-30(29)37)49-27-8-4-3-5-9-27/h3-5,8-11,17-18,23,25-26H,6-7,12-16,20-22H2,1-2H3,(H2,39,40,41)/b24-18+/t25-/m0/s1. The van der Waals surface area contributed by atoms with Gasteiger partial charge in [0.25, 0.3) is 5.91 Å². The summed E-state index contributed by atoms with van der Waals surface area (Å²) >= 11 is 0. The van der Waals surface area contributed by atoms with E-state index in [-0.39, 0.29) is 28.9 Å². The molecule has 7 rings (SSSR count). The van der Waals surface area contributed by atoms with Crippen LogP contribution in [0.4, 0.5) is 10.2 Å². The molecule has 2 aromatic carbocycles. The minimum absolute atomic E-state index is 0.123. The Hall–Kier alpha value is -4.90. The number of hydrogen-bond donors (Lipinski definition) is 1. The predicted octanol–water partition coefficient (Wildman–Crippen LogP) is 4.42. The van der Waals surface area contributed by atoms with Crippen LogP contribution in [0.3, 0.4) is 0 Å². The first-order chi connectivity index (χ1) is 23.7. The van der Waals surface area contributed by atoms with Gasteiger partial charge in [0.2, 0.25) is 0 Å². The minimum atomic E-state index is -0.534. The highest BCUT2D eigenvalue weighted by Gasteiger charge is 2.35. The number of benzene rings is 2. The van der Waals surface area contributed by atoms with Crippen LogP contribution >= 0.6 is 0 Å². The van der Waals surface area contributed by atoms with E-state index in [0.29, 0.717) is 60.2 Å². The molecule has 0 unspecified atom stereocenters. The molecule has 2 N–H and O–H groups in total. The Bertz CT molecular complexity index is 1910. The largest absolute Gasteiger partial charge is 0.457 e. The van der Waals surface area contributed by atoms with Crippen LogP contribution in [0.2, 0.25) is 0 Å². The maximum absolute atomic E-state index is 15.7. The number of nitrogens with two attached hydrogens (primary N) is 1. The molecule has 1 atom stereocenters. The Kier molecular flexibility index (Phi) is 9.02. The molecule has 12 nitrogen and oxygen atoms in total. The van der Waals surface area contributed by atoms with E-state index in [0.717, 1.165) is 39.4 Å². The number of piperazine rings is 1. The third-order valence-electron chi connectivity index (χ3n) is 9.84. The van der Waals surface area contributed by atoms with Crippen LogP contribution in [0.1, 0.15) is 32.7 Å². The number of halogens is 1. The first-order valence-corrected chi connectivity index (χ1v) is 16.7. The molecule has 4 aromatic rings. The summed E-state index contributed by atoms with van der Waals surface area (Å²) in [5.74, 6) is 0.273. The fourth-order valence-electron chi connectivity index (χ4n) is 7.01. The molecule has 1 amide bonds. The summed E-state index contributed by atoms with van der Waals surface area (Å²) in [6, 6.07) is 16.2. The number of fused-ring (bicyclic) bond motifs is 1. The van der Waals surface area contributed by atoms with Gasteiger partial charge in [-0.25, -0.2) is 19.0 Å². The molecule has 0 radical (unpaired) electrons. The second-order valence-corrected chi connectivity index (χ2v) is 13.4. The Morgan fingerprint density at radius 1 is 1.06 bits per heavy atom. The van der Waals surface area contributed by atoms with E-state index in [1.807, 2.05) is 24.3 Å². The lowest BCUT2D eigenvalue weighted by Crippen LogP contribution is -2.59. The number of piperidine rings is 1. The number of carbonyl (C=O) groups excluding carboxylic acids is 1. The van der Waals surface area contributed by atoms with E-state index < -0.39 is 11.4 Å². The summed E-state index contributed by atoms with van der Waals surface area (Å²) in [6.07, 6.45) is 4.58. The van der Waals surface area contributed by atoms with Gasteiger partial charge in [0.1, 0.15) is 46.8 Å². The summed E-state index contributed by atoms with van der Waals surface area (Å²) in [5.41, 5.74) is 6.97. The van der Waals surface area contributed by atoms with Crippen molar-refractivity contribution in [1.29, 1.82) is 5.26 Å². The topological polar surface area (TPSA) is 139 Å². The second-order valence-electron chi connectivity index (χ2n) is 13.4. The van der Waals surface area contributed by atoms with Crippen molar-refractivity contribution < 1.29 is 18.7 Å². The molecule has 0 aliphatic carbocycles. The summed E-state index contributed by atoms with van der Waals surface area (Å²) in [5, 5.41) is 15.4. The molecule has 13 heteroatoms. The average molecular weight is 666 g/mol. The van der Waals surface area contributed by atoms with Crippen molar-refractivity contribution in [2.75, 3.05) is 58.2 Å². The maximum atomic E-state index is 15.7. The van der Waals surface area contributed by atoms with Crippen LogP contribution in [0.25, 0.3) is 22.3 Å². The van der Waals surface area contributed by atoms with Gasteiger partial charge in [0, 0.05) is 56.4 Å². The smallest absolute Gasteiger partial charge is 0.264 e. The van der Waals surface area contributed by atoms with Crippen LogP contribution in [0, 0.1) is 17.1 Å². The van der Waals surface area contributed by atoms with Crippen LogP contribution in [0.15, 0.2) is 66.5 Å².